The van der Waals surface area contributed by atoms with Crippen molar-refractivity contribution in [3.8, 4) is 0 Å². The Morgan fingerprint density at radius 1 is 1.57 bits per heavy atom. The van der Waals surface area contributed by atoms with Crippen LogP contribution in [0.25, 0.3) is 0 Å². The second kappa shape index (κ2) is 3.03. The van der Waals surface area contributed by atoms with Crippen molar-refractivity contribution >= 4 is 17.7 Å². The van der Waals surface area contributed by atoms with Crippen LogP contribution in [0.1, 0.15) is 6.42 Å². The standard InChI is InChI=1S/C7H8F3NO2S/c8-7(9,10)5(12)13-6-1-4(2-14-6)11-3-6/h4,11H,1-3H2/t4-,6-/m0/s1. The molecule has 0 aromatic carbocycles. The number of carbonyl (C=O) groups is 1. The van der Waals surface area contributed by atoms with E-state index in [0.717, 1.165) is 0 Å². The Labute approximate surface area is 82.4 Å². The van der Waals surface area contributed by atoms with Crippen LogP contribution in [0, 0.1) is 0 Å². The lowest BCUT2D eigenvalue weighted by Crippen LogP contribution is -2.40. The SMILES string of the molecule is O=C(O[C@]12CN[C@H](CS1)C2)C(F)(F)F. The molecule has 0 amide bonds. The summed E-state index contributed by atoms with van der Waals surface area (Å²) in [6.07, 6.45) is -4.42. The average Bonchev–Trinajstić information content (AvgIpc) is 2.61. The molecule has 2 aliphatic rings. The molecule has 2 rings (SSSR count). The third-order valence-electron chi connectivity index (χ3n) is 2.28. The monoisotopic (exact) mass is 227 g/mol. The van der Waals surface area contributed by atoms with Gasteiger partial charge in [0.25, 0.3) is 0 Å². The molecule has 14 heavy (non-hydrogen) atoms. The van der Waals surface area contributed by atoms with Crippen LogP contribution in [0.15, 0.2) is 0 Å². The first-order valence-corrected chi connectivity index (χ1v) is 5.07. The van der Waals surface area contributed by atoms with Gasteiger partial charge in [0, 0.05) is 24.8 Å². The highest BCUT2D eigenvalue weighted by atomic mass is 32.2. The molecule has 0 radical (unpaired) electrons. The smallest absolute Gasteiger partial charge is 0.440 e. The van der Waals surface area contributed by atoms with Crippen LogP contribution in [-0.2, 0) is 9.53 Å². The van der Waals surface area contributed by atoms with Gasteiger partial charge < -0.3 is 10.1 Å². The number of esters is 1. The van der Waals surface area contributed by atoms with Crippen molar-refractivity contribution in [2.24, 2.45) is 0 Å². The van der Waals surface area contributed by atoms with Gasteiger partial charge in [0.15, 0.2) is 4.93 Å². The Bertz CT molecular complexity index is 260. The molecule has 0 saturated carbocycles. The maximum absolute atomic E-state index is 11.9. The molecule has 2 heterocycles. The quantitative estimate of drug-likeness (QED) is 0.675. The number of carbonyl (C=O) groups excluding carboxylic acids is 1. The van der Waals surface area contributed by atoms with Crippen LogP contribution in [0.4, 0.5) is 13.2 Å². The molecule has 3 nitrogen and oxygen atoms in total. The van der Waals surface area contributed by atoms with Gasteiger partial charge in [0.2, 0.25) is 0 Å². The number of thioether (sulfide) groups is 1. The lowest BCUT2D eigenvalue weighted by Gasteiger charge is -2.25. The van der Waals surface area contributed by atoms with E-state index in [1.165, 1.54) is 11.8 Å². The molecule has 0 spiro atoms. The van der Waals surface area contributed by atoms with E-state index >= 15 is 0 Å². The van der Waals surface area contributed by atoms with Gasteiger partial charge in [-0.05, 0) is 0 Å². The minimum Gasteiger partial charge on any atom is -0.440 e. The Balaban J connectivity index is 2.01. The summed E-state index contributed by atoms with van der Waals surface area (Å²) in [5, 5.41) is 2.99. The van der Waals surface area contributed by atoms with Gasteiger partial charge in [-0.25, -0.2) is 4.79 Å². The van der Waals surface area contributed by atoms with Crippen molar-refractivity contribution in [3.63, 3.8) is 0 Å². The van der Waals surface area contributed by atoms with Crippen LogP contribution >= 0.6 is 11.8 Å². The Kier molecular flexibility index (Phi) is 2.19. The van der Waals surface area contributed by atoms with E-state index in [9.17, 15) is 18.0 Å². The van der Waals surface area contributed by atoms with Gasteiger partial charge in [0.05, 0.1) is 0 Å². The lowest BCUT2D eigenvalue weighted by atomic mass is 10.2. The normalized spacial score (nSPS) is 36.1. The number of hydrogen-bond donors (Lipinski definition) is 1. The van der Waals surface area contributed by atoms with Crippen molar-refractivity contribution in [2.45, 2.75) is 23.6 Å². The van der Waals surface area contributed by atoms with Gasteiger partial charge in [-0.15, -0.1) is 11.8 Å². The molecule has 0 aromatic heterocycles. The summed E-state index contributed by atoms with van der Waals surface area (Å²) >= 11 is 1.28. The fourth-order valence-corrected chi connectivity index (χ4v) is 3.01. The number of fused-ring (bicyclic) bond motifs is 2. The topological polar surface area (TPSA) is 38.3 Å². The van der Waals surface area contributed by atoms with Gasteiger partial charge >= 0.3 is 12.1 Å². The summed E-state index contributed by atoms with van der Waals surface area (Å²) in [5.74, 6) is -1.39. The van der Waals surface area contributed by atoms with Crippen LogP contribution in [0.3, 0.4) is 0 Å². The zero-order valence-electron chi connectivity index (χ0n) is 7.06. The molecule has 1 N–H and O–H groups in total. The first kappa shape index (κ1) is 10.1. The lowest BCUT2D eigenvalue weighted by molar-refractivity contribution is -0.206. The summed E-state index contributed by atoms with van der Waals surface area (Å²) in [5.41, 5.74) is 0. The average molecular weight is 227 g/mol. The molecule has 2 saturated heterocycles. The molecule has 2 atom stereocenters. The molecular formula is C7H8F3NO2S. The number of ether oxygens (including phenoxy) is 1. The maximum Gasteiger partial charge on any atom is 0.490 e. The predicted molar refractivity (Wildman–Crippen MR) is 43.7 cm³/mol. The zero-order chi connectivity index (χ0) is 10.4. The van der Waals surface area contributed by atoms with Crippen LogP contribution < -0.4 is 5.32 Å². The fraction of sp³-hybridized carbons (Fsp3) is 0.857. The van der Waals surface area contributed by atoms with E-state index in [0.29, 0.717) is 18.7 Å². The molecule has 2 bridgehead atoms. The number of alkyl halides is 3. The highest BCUT2D eigenvalue weighted by molar-refractivity contribution is 8.00. The summed E-state index contributed by atoms with van der Waals surface area (Å²) in [6.45, 7) is 0.310. The summed E-state index contributed by atoms with van der Waals surface area (Å²) in [6, 6.07) is 0.182. The molecular weight excluding hydrogens is 219 g/mol. The molecule has 80 valence electrons. The molecule has 0 aromatic rings. The third kappa shape index (κ3) is 1.70. The maximum atomic E-state index is 11.9. The summed E-state index contributed by atoms with van der Waals surface area (Å²) < 4.78 is 40.2. The van der Waals surface area contributed by atoms with Gasteiger partial charge in [0.1, 0.15) is 0 Å². The number of rotatable bonds is 1. The van der Waals surface area contributed by atoms with Crippen molar-refractivity contribution in [1.82, 2.24) is 5.32 Å². The Hall–Kier alpha value is -0.430. The highest BCUT2D eigenvalue weighted by Crippen LogP contribution is 2.44. The molecule has 2 aliphatic heterocycles. The molecule has 7 heteroatoms. The van der Waals surface area contributed by atoms with Crippen LogP contribution in [0.5, 0.6) is 0 Å². The second-order valence-corrected chi connectivity index (χ2v) is 4.76. The number of nitrogens with one attached hydrogen (secondary N) is 1. The minimum atomic E-state index is -4.89. The highest BCUT2D eigenvalue weighted by Gasteiger charge is 2.53. The van der Waals surface area contributed by atoms with Crippen molar-refractivity contribution < 1.29 is 22.7 Å². The first-order chi connectivity index (χ1) is 6.41. The van der Waals surface area contributed by atoms with Crippen LogP contribution in [-0.4, -0.2) is 35.4 Å². The predicted octanol–water partition coefficient (Wildman–Crippen LogP) is 0.897. The van der Waals surface area contributed by atoms with Crippen molar-refractivity contribution in [1.29, 1.82) is 0 Å². The zero-order valence-corrected chi connectivity index (χ0v) is 7.87. The Morgan fingerprint density at radius 3 is 2.64 bits per heavy atom. The van der Waals surface area contributed by atoms with E-state index in [1.807, 2.05) is 0 Å². The van der Waals surface area contributed by atoms with Gasteiger partial charge in [-0.1, -0.05) is 0 Å². The van der Waals surface area contributed by atoms with Gasteiger partial charge in [-0.3, -0.25) is 0 Å². The largest absolute Gasteiger partial charge is 0.490 e. The van der Waals surface area contributed by atoms with Crippen molar-refractivity contribution in [3.05, 3.63) is 0 Å². The summed E-state index contributed by atoms with van der Waals surface area (Å²) in [7, 11) is 0. The number of hydrogen-bond acceptors (Lipinski definition) is 4. The van der Waals surface area contributed by atoms with E-state index in [4.69, 9.17) is 0 Å². The van der Waals surface area contributed by atoms with Gasteiger partial charge in [-0.2, -0.15) is 13.2 Å². The first-order valence-electron chi connectivity index (χ1n) is 4.09. The molecule has 0 aliphatic carbocycles. The minimum absolute atomic E-state index is 0.182. The third-order valence-corrected chi connectivity index (χ3v) is 3.76. The second-order valence-electron chi connectivity index (χ2n) is 3.39. The number of halogens is 3. The molecule has 2 fully saturated rings. The van der Waals surface area contributed by atoms with E-state index in [1.54, 1.807) is 0 Å². The fourth-order valence-electron chi connectivity index (χ4n) is 1.63. The Morgan fingerprint density at radius 2 is 2.29 bits per heavy atom. The van der Waals surface area contributed by atoms with E-state index < -0.39 is 17.1 Å². The summed E-state index contributed by atoms with van der Waals surface area (Å²) in [4.78, 5) is 9.64. The molecule has 0 unspecified atom stereocenters. The van der Waals surface area contributed by atoms with E-state index in [-0.39, 0.29) is 6.04 Å². The van der Waals surface area contributed by atoms with Crippen LogP contribution in [0.2, 0.25) is 0 Å². The van der Waals surface area contributed by atoms with E-state index in [2.05, 4.69) is 10.1 Å². The van der Waals surface area contributed by atoms with Crippen molar-refractivity contribution in [2.75, 3.05) is 12.3 Å².